The van der Waals surface area contributed by atoms with E-state index in [2.05, 4.69) is 278 Å². The Balaban J connectivity index is 0.904. The molecule has 0 atom stereocenters. The normalized spacial score (nSPS) is 12.5. The van der Waals surface area contributed by atoms with Gasteiger partial charge in [-0.3, -0.25) is 0 Å². The van der Waals surface area contributed by atoms with E-state index in [1.54, 1.807) is 0 Å². The van der Waals surface area contributed by atoms with Crippen molar-refractivity contribution in [2.75, 3.05) is 4.90 Å². The molecule has 0 spiro atoms. The molecule has 13 aromatic rings. The van der Waals surface area contributed by atoms with Crippen LogP contribution in [0.3, 0.4) is 0 Å². The summed E-state index contributed by atoms with van der Waals surface area (Å²) in [5, 5.41) is 4.63. The maximum Gasteiger partial charge on any atom is 0.135 e. The lowest BCUT2D eigenvalue weighted by Crippen LogP contribution is -2.28. The SMILES string of the molecule is c1ccc(-c2ccc(-c3ccc(N(c4ccc(-c5ccc6oc7ccccc7c6c5)cc4)c4ccc(-c5cccc6c5-c5ccccc5C6(c5ccccc5)c5ccccc5)cc4)c4ccccc34)cc2)cc1. The zero-order valence-corrected chi connectivity index (χ0v) is 40.0. The molecule has 0 aliphatic heterocycles. The zero-order valence-electron chi connectivity index (χ0n) is 40.0. The summed E-state index contributed by atoms with van der Waals surface area (Å²) in [6.07, 6.45) is 0. The van der Waals surface area contributed by atoms with Gasteiger partial charge in [-0.05, 0) is 132 Å². The smallest absolute Gasteiger partial charge is 0.135 e. The van der Waals surface area contributed by atoms with Gasteiger partial charge in [0, 0.05) is 27.5 Å². The molecule has 1 aromatic heterocycles. The van der Waals surface area contributed by atoms with E-state index in [0.717, 1.165) is 50.1 Å². The minimum Gasteiger partial charge on any atom is -0.456 e. The highest BCUT2D eigenvalue weighted by molar-refractivity contribution is 6.08. The van der Waals surface area contributed by atoms with Gasteiger partial charge in [-0.1, -0.05) is 237 Å². The van der Waals surface area contributed by atoms with Crippen molar-refractivity contribution in [2.45, 2.75) is 5.41 Å². The van der Waals surface area contributed by atoms with Gasteiger partial charge in [0.2, 0.25) is 0 Å². The Hall–Kier alpha value is -9.50. The lowest BCUT2D eigenvalue weighted by molar-refractivity contribution is 0.669. The van der Waals surface area contributed by atoms with E-state index < -0.39 is 5.41 Å². The monoisotopic (exact) mass is 929 g/mol. The van der Waals surface area contributed by atoms with Gasteiger partial charge in [-0.25, -0.2) is 0 Å². The average Bonchev–Trinajstić information content (AvgIpc) is 4.05. The summed E-state index contributed by atoms with van der Waals surface area (Å²) in [5.41, 5.74) is 21.8. The number of fused-ring (bicyclic) bond motifs is 7. The molecule has 1 aliphatic rings. The topological polar surface area (TPSA) is 16.4 Å². The Morgan fingerprint density at radius 1 is 0.274 bits per heavy atom. The van der Waals surface area contributed by atoms with Crippen molar-refractivity contribution >= 4 is 49.8 Å². The quantitative estimate of drug-likeness (QED) is 0.143. The highest BCUT2D eigenvalue weighted by Gasteiger charge is 2.46. The molecule has 0 fully saturated rings. The molecule has 14 rings (SSSR count). The lowest BCUT2D eigenvalue weighted by atomic mass is 9.67. The maximum atomic E-state index is 6.20. The molecule has 342 valence electrons. The largest absolute Gasteiger partial charge is 0.456 e. The Bertz CT molecular complexity index is 4120. The fourth-order valence-electron chi connectivity index (χ4n) is 11.9. The van der Waals surface area contributed by atoms with Crippen molar-refractivity contribution < 1.29 is 4.42 Å². The lowest BCUT2D eigenvalue weighted by Gasteiger charge is -2.34. The van der Waals surface area contributed by atoms with E-state index in [1.807, 2.05) is 12.1 Å². The third kappa shape index (κ3) is 6.94. The molecular formula is C71H47NO. The molecule has 0 radical (unpaired) electrons. The van der Waals surface area contributed by atoms with Gasteiger partial charge < -0.3 is 9.32 Å². The van der Waals surface area contributed by atoms with Crippen molar-refractivity contribution in [3.63, 3.8) is 0 Å². The number of anilines is 3. The van der Waals surface area contributed by atoms with Gasteiger partial charge in [0.15, 0.2) is 0 Å². The first-order valence-electron chi connectivity index (χ1n) is 25.2. The molecule has 2 nitrogen and oxygen atoms in total. The molecule has 1 heterocycles. The summed E-state index contributed by atoms with van der Waals surface area (Å²) in [5.74, 6) is 0. The molecule has 0 unspecified atom stereocenters. The first-order valence-corrected chi connectivity index (χ1v) is 25.2. The van der Waals surface area contributed by atoms with Crippen LogP contribution in [0.25, 0.3) is 88.3 Å². The predicted octanol–water partition coefficient (Wildman–Crippen LogP) is 19.2. The minimum atomic E-state index is -0.470. The van der Waals surface area contributed by atoms with Crippen molar-refractivity contribution in [1.29, 1.82) is 0 Å². The van der Waals surface area contributed by atoms with Crippen LogP contribution in [0.5, 0.6) is 0 Å². The highest BCUT2D eigenvalue weighted by Crippen LogP contribution is 2.58. The highest BCUT2D eigenvalue weighted by atomic mass is 16.3. The Morgan fingerprint density at radius 2 is 0.753 bits per heavy atom. The van der Waals surface area contributed by atoms with Crippen LogP contribution in [-0.4, -0.2) is 0 Å². The van der Waals surface area contributed by atoms with Crippen LogP contribution < -0.4 is 4.90 Å². The Kier molecular flexibility index (Phi) is 10.1. The van der Waals surface area contributed by atoms with Crippen molar-refractivity contribution in [3.05, 3.63) is 307 Å². The van der Waals surface area contributed by atoms with Crippen LogP contribution in [0.4, 0.5) is 17.1 Å². The van der Waals surface area contributed by atoms with Crippen LogP contribution in [0, 0.1) is 0 Å². The van der Waals surface area contributed by atoms with E-state index in [0.29, 0.717) is 0 Å². The number of para-hydroxylation sites is 1. The van der Waals surface area contributed by atoms with Crippen LogP contribution in [0.15, 0.2) is 290 Å². The number of nitrogens with zero attached hydrogens (tertiary/aromatic N) is 1. The summed E-state index contributed by atoms with van der Waals surface area (Å²) in [6, 6.07) is 104. The van der Waals surface area contributed by atoms with Crippen molar-refractivity contribution in [3.8, 4) is 55.6 Å². The van der Waals surface area contributed by atoms with Crippen molar-refractivity contribution in [1.82, 2.24) is 0 Å². The van der Waals surface area contributed by atoms with E-state index in [-0.39, 0.29) is 0 Å². The minimum absolute atomic E-state index is 0.470. The second-order valence-corrected chi connectivity index (χ2v) is 19.1. The van der Waals surface area contributed by atoms with Gasteiger partial charge in [-0.15, -0.1) is 0 Å². The van der Waals surface area contributed by atoms with E-state index >= 15 is 0 Å². The third-order valence-corrected chi connectivity index (χ3v) is 15.2. The van der Waals surface area contributed by atoms with Gasteiger partial charge in [0.1, 0.15) is 11.2 Å². The summed E-state index contributed by atoms with van der Waals surface area (Å²) in [6.45, 7) is 0. The second-order valence-electron chi connectivity index (χ2n) is 19.1. The number of hydrogen-bond donors (Lipinski definition) is 0. The summed E-state index contributed by atoms with van der Waals surface area (Å²) < 4.78 is 6.20. The van der Waals surface area contributed by atoms with Crippen LogP contribution in [0.1, 0.15) is 22.3 Å². The molecule has 0 saturated carbocycles. The second kappa shape index (κ2) is 17.4. The number of furan rings is 1. The molecule has 1 aliphatic carbocycles. The van der Waals surface area contributed by atoms with Crippen LogP contribution in [0.2, 0.25) is 0 Å². The standard InChI is InChI=1S/C71H47NO/c1-4-17-48(18-5-1)49-31-33-51(34-32-49)58-44-45-67(61-24-11-10-23-60(58)61)72(56-40-35-50(36-41-56)53-39-46-69-64(47-53)62-25-13-15-30-68(62)73-69)57-42-37-52(38-43-57)59-27-16-29-66-70(59)63-26-12-14-28-65(63)71(66,54-19-6-2-7-20-54)55-21-8-3-9-22-55/h1-47H. The zero-order chi connectivity index (χ0) is 48.3. The summed E-state index contributed by atoms with van der Waals surface area (Å²) in [7, 11) is 0. The molecule has 0 amide bonds. The molecule has 0 N–H and O–H groups in total. The van der Waals surface area contributed by atoms with Crippen LogP contribution in [-0.2, 0) is 5.41 Å². The van der Waals surface area contributed by atoms with E-state index in [9.17, 15) is 0 Å². The summed E-state index contributed by atoms with van der Waals surface area (Å²) >= 11 is 0. The Morgan fingerprint density at radius 3 is 1.47 bits per heavy atom. The molecular weight excluding hydrogens is 883 g/mol. The first kappa shape index (κ1) is 42.4. The fourth-order valence-corrected chi connectivity index (χ4v) is 11.9. The van der Waals surface area contributed by atoms with Gasteiger partial charge >= 0.3 is 0 Å². The van der Waals surface area contributed by atoms with E-state index in [4.69, 9.17) is 4.42 Å². The molecule has 0 bridgehead atoms. The Labute approximate surface area is 425 Å². The number of benzene rings is 12. The average molecular weight is 930 g/mol. The van der Waals surface area contributed by atoms with E-state index in [1.165, 1.54) is 77.5 Å². The first-order chi connectivity index (χ1) is 36.2. The van der Waals surface area contributed by atoms with Crippen molar-refractivity contribution in [2.24, 2.45) is 0 Å². The molecule has 2 heteroatoms. The maximum absolute atomic E-state index is 6.20. The van der Waals surface area contributed by atoms with Gasteiger partial charge in [-0.2, -0.15) is 0 Å². The predicted molar refractivity (Wildman–Crippen MR) is 305 cm³/mol. The fraction of sp³-hybridized carbons (Fsp3) is 0.0141. The van der Waals surface area contributed by atoms with Gasteiger partial charge in [0.05, 0.1) is 11.1 Å². The van der Waals surface area contributed by atoms with Gasteiger partial charge in [0.25, 0.3) is 0 Å². The molecule has 0 saturated heterocycles. The molecule has 73 heavy (non-hydrogen) atoms. The van der Waals surface area contributed by atoms with Crippen LogP contribution >= 0.6 is 0 Å². The third-order valence-electron chi connectivity index (χ3n) is 15.2. The number of hydrogen-bond acceptors (Lipinski definition) is 2. The molecule has 12 aromatic carbocycles. The summed E-state index contributed by atoms with van der Waals surface area (Å²) in [4.78, 5) is 2.42. The number of rotatable bonds is 9.